The first-order valence-corrected chi connectivity index (χ1v) is 9.20. The molecule has 4 nitrogen and oxygen atoms in total. The molecule has 3 aromatic heterocycles. The van der Waals surface area contributed by atoms with Gasteiger partial charge in [-0.1, -0.05) is 0 Å². The highest BCUT2D eigenvalue weighted by molar-refractivity contribution is 7.13. The van der Waals surface area contributed by atoms with Crippen molar-refractivity contribution in [3.63, 3.8) is 0 Å². The molecule has 0 amide bonds. The van der Waals surface area contributed by atoms with Gasteiger partial charge in [-0.25, -0.2) is 15.0 Å². The molecule has 0 radical (unpaired) electrons. The van der Waals surface area contributed by atoms with Crippen LogP contribution in [0.3, 0.4) is 0 Å². The van der Waals surface area contributed by atoms with Crippen LogP contribution in [-0.4, -0.2) is 26.4 Å². The van der Waals surface area contributed by atoms with Gasteiger partial charge in [-0.3, -0.25) is 4.90 Å². The first-order chi connectivity index (χ1) is 10.9. The number of hydrogen-bond acceptors (Lipinski definition) is 6. The molecule has 0 unspecified atom stereocenters. The molecule has 0 spiro atoms. The maximum Gasteiger partial charge on any atom is 0.188 e. The third kappa shape index (κ3) is 2.82. The Morgan fingerprint density at radius 1 is 1.23 bits per heavy atom. The van der Waals surface area contributed by atoms with E-state index in [0.29, 0.717) is 6.04 Å². The van der Waals surface area contributed by atoms with Crippen LogP contribution < -0.4 is 0 Å². The number of hydrogen-bond donors (Lipinski definition) is 0. The van der Waals surface area contributed by atoms with E-state index in [-0.39, 0.29) is 0 Å². The summed E-state index contributed by atoms with van der Waals surface area (Å²) in [6.45, 7) is 2.05. The standard InChI is InChI=1S/C16H16N4S2/c1-3-14(12-4-8-21-10-12)20(7-1)9-13-11-22-16(19-13)15-17-5-2-6-18-15/h2,4-6,8,10-11,14H,1,3,7,9H2/t14-/m0/s1. The summed E-state index contributed by atoms with van der Waals surface area (Å²) in [5, 5.41) is 7.48. The van der Waals surface area contributed by atoms with Gasteiger partial charge < -0.3 is 0 Å². The van der Waals surface area contributed by atoms with E-state index in [2.05, 4.69) is 37.1 Å². The minimum absolute atomic E-state index is 0.546. The Hall–Kier alpha value is -1.63. The lowest BCUT2D eigenvalue weighted by atomic mass is 10.1. The van der Waals surface area contributed by atoms with Crippen LogP contribution in [0, 0.1) is 0 Å². The summed E-state index contributed by atoms with van der Waals surface area (Å²) >= 11 is 3.40. The summed E-state index contributed by atoms with van der Waals surface area (Å²) in [7, 11) is 0. The molecule has 0 saturated carbocycles. The Balaban J connectivity index is 1.51. The molecule has 22 heavy (non-hydrogen) atoms. The average molecular weight is 328 g/mol. The summed E-state index contributed by atoms with van der Waals surface area (Å²) < 4.78 is 0. The second kappa shape index (κ2) is 6.24. The molecule has 0 aromatic carbocycles. The summed E-state index contributed by atoms with van der Waals surface area (Å²) in [5.74, 6) is 0.717. The molecule has 4 rings (SSSR count). The Bertz CT molecular complexity index is 724. The third-order valence-electron chi connectivity index (χ3n) is 3.97. The van der Waals surface area contributed by atoms with E-state index in [1.165, 1.54) is 18.4 Å². The van der Waals surface area contributed by atoms with Gasteiger partial charge in [0.2, 0.25) is 0 Å². The minimum Gasteiger partial charge on any atom is -0.290 e. The average Bonchev–Trinajstić information content (AvgIpc) is 3.30. The number of aromatic nitrogens is 3. The molecule has 0 N–H and O–H groups in total. The summed E-state index contributed by atoms with van der Waals surface area (Å²) in [6, 6.07) is 4.62. The smallest absolute Gasteiger partial charge is 0.188 e. The molecule has 0 bridgehead atoms. The first kappa shape index (κ1) is 14.0. The fourth-order valence-electron chi connectivity index (χ4n) is 2.96. The van der Waals surface area contributed by atoms with Gasteiger partial charge in [0, 0.05) is 30.4 Å². The largest absolute Gasteiger partial charge is 0.290 e. The van der Waals surface area contributed by atoms with E-state index in [4.69, 9.17) is 4.98 Å². The van der Waals surface area contributed by atoms with Crippen LogP contribution in [0.2, 0.25) is 0 Å². The van der Waals surface area contributed by atoms with Crippen molar-refractivity contribution >= 4 is 22.7 Å². The monoisotopic (exact) mass is 328 g/mol. The van der Waals surface area contributed by atoms with Gasteiger partial charge in [0.25, 0.3) is 0 Å². The zero-order chi connectivity index (χ0) is 14.8. The fourth-order valence-corrected chi connectivity index (χ4v) is 4.42. The van der Waals surface area contributed by atoms with E-state index >= 15 is 0 Å². The van der Waals surface area contributed by atoms with Crippen molar-refractivity contribution in [3.8, 4) is 10.8 Å². The maximum absolute atomic E-state index is 4.71. The summed E-state index contributed by atoms with van der Waals surface area (Å²) in [5.41, 5.74) is 2.57. The number of rotatable bonds is 4. The van der Waals surface area contributed by atoms with Gasteiger partial charge in [0.1, 0.15) is 0 Å². The van der Waals surface area contributed by atoms with E-state index in [9.17, 15) is 0 Å². The first-order valence-electron chi connectivity index (χ1n) is 7.38. The SMILES string of the molecule is c1cnc(-c2nc(CN3CCC[C@H]3c3ccsc3)cs2)nc1. The van der Waals surface area contributed by atoms with Crippen LogP contribution >= 0.6 is 22.7 Å². The zero-order valence-electron chi connectivity index (χ0n) is 12.1. The third-order valence-corrected chi connectivity index (χ3v) is 5.55. The van der Waals surface area contributed by atoms with Crippen LogP contribution in [0.4, 0.5) is 0 Å². The van der Waals surface area contributed by atoms with E-state index < -0.39 is 0 Å². The molecule has 4 heterocycles. The molecule has 112 valence electrons. The predicted octanol–water partition coefficient (Wildman–Crippen LogP) is 4.00. The summed E-state index contributed by atoms with van der Waals surface area (Å²) in [4.78, 5) is 15.8. The van der Waals surface area contributed by atoms with E-state index in [0.717, 1.165) is 29.6 Å². The molecule has 1 atom stereocenters. The Kier molecular flexibility index (Phi) is 3.97. The molecule has 1 aliphatic heterocycles. The van der Waals surface area contributed by atoms with Gasteiger partial charge in [-0.15, -0.1) is 11.3 Å². The van der Waals surface area contributed by atoms with Gasteiger partial charge in [0.15, 0.2) is 10.8 Å². The van der Waals surface area contributed by atoms with Crippen LogP contribution in [0.25, 0.3) is 10.8 Å². The molecule has 0 aliphatic carbocycles. The van der Waals surface area contributed by atoms with Crippen molar-refractivity contribution in [2.24, 2.45) is 0 Å². The predicted molar refractivity (Wildman–Crippen MR) is 89.8 cm³/mol. The number of thiophene rings is 1. The molecule has 6 heteroatoms. The molecule has 1 fully saturated rings. The summed E-state index contributed by atoms with van der Waals surface area (Å²) in [6.07, 6.45) is 6.03. The van der Waals surface area contributed by atoms with Gasteiger partial charge >= 0.3 is 0 Å². The second-order valence-electron chi connectivity index (χ2n) is 5.40. The van der Waals surface area contributed by atoms with E-state index in [1.807, 2.05) is 6.07 Å². The maximum atomic E-state index is 4.71. The van der Waals surface area contributed by atoms with E-state index in [1.54, 1.807) is 35.1 Å². The normalized spacial score (nSPS) is 18.8. The molecule has 1 saturated heterocycles. The van der Waals surface area contributed by atoms with Gasteiger partial charge in [-0.05, 0) is 47.8 Å². The molecular weight excluding hydrogens is 312 g/mol. The van der Waals surface area contributed by atoms with Gasteiger partial charge in [0.05, 0.1) is 5.69 Å². The van der Waals surface area contributed by atoms with Crippen molar-refractivity contribution in [1.82, 2.24) is 19.9 Å². The van der Waals surface area contributed by atoms with Crippen molar-refractivity contribution in [2.75, 3.05) is 6.54 Å². The Labute approximate surface area is 137 Å². The van der Waals surface area contributed by atoms with Crippen molar-refractivity contribution in [3.05, 3.63) is 51.9 Å². The minimum atomic E-state index is 0.546. The zero-order valence-corrected chi connectivity index (χ0v) is 13.7. The highest BCUT2D eigenvalue weighted by Gasteiger charge is 2.26. The van der Waals surface area contributed by atoms with Crippen molar-refractivity contribution < 1.29 is 0 Å². The quantitative estimate of drug-likeness (QED) is 0.726. The highest BCUT2D eigenvalue weighted by Crippen LogP contribution is 2.34. The topological polar surface area (TPSA) is 41.9 Å². The van der Waals surface area contributed by atoms with Crippen molar-refractivity contribution in [1.29, 1.82) is 0 Å². The number of thiazole rings is 1. The van der Waals surface area contributed by atoms with Crippen LogP contribution in [0.5, 0.6) is 0 Å². The fraction of sp³-hybridized carbons (Fsp3) is 0.312. The molecule has 3 aromatic rings. The Morgan fingerprint density at radius 3 is 2.95 bits per heavy atom. The van der Waals surface area contributed by atoms with Crippen LogP contribution in [-0.2, 0) is 6.54 Å². The van der Waals surface area contributed by atoms with Crippen molar-refractivity contribution in [2.45, 2.75) is 25.4 Å². The van der Waals surface area contributed by atoms with Gasteiger partial charge in [-0.2, -0.15) is 11.3 Å². The lowest BCUT2D eigenvalue weighted by molar-refractivity contribution is 0.246. The second-order valence-corrected chi connectivity index (χ2v) is 7.04. The Morgan fingerprint density at radius 2 is 2.14 bits per heavy atom. The lowest BCUT2D eigenvalue weighted by Gasteiger charge is -2.22. The highest BCUT2D eigenvalue weighted by atomic mass is 32.1. The molecular formula is C16H16N4S2. The van der Waals surface area contributed by atoms with Crippen LogP contribution in [0.15, 0.2) is 40.7 Å². The molecule has 1 aliphatic rings. The lowest BCUT2D eigenvalue weighted by Crippen LogP contribution is -2.22. The number of likely N-dealkylation sites (tertiary alicyclic amines) is 1. The van der Waals surface area contributed by atoms with Crippen LogP contribution in [0.1, 0.15) is 30.1 Å². The number of nitrogens with zero attached hydrogens (tertiary/aromatic N) is 4.